The number of hydrogen-bond acceptors (Lipinski definition) is 4. The fourth-order valence-electron chi connectivity index (χ4n) is 4.77. The van der Waals surface area contributed by atoms with Gasteiger partial charge in [0.15, 0.2) is 11.6 Å². The first-order chi connectivity index (χ1) is 15.7. The lowest BCUT2D eigenvalue weighted by atomic mass is 9.97. The first-order valence-electron chi connectivity index (χ1n) is 10.6. The average molecular weight is 472 g/mol. The Morgan fingerprint density at radius 1 is 1.18 bits per heavy atom. The van der Waals surface area contributed by atoms with E-state index in [2.05, 4.69) is 19.7 Å². The molecule has 1 unspecified atom stereocenters. The topological polar surface area (TPSA) is 83.9 Å². The van der Waals surface area contributed by atoms with Crippen LogP contribution < -0.4 is 0 Å². The van der Waals surface area contributed by atoms with Crippen molar-refractivity contribution < 1.29 is 17.2 Å². The number of pyridine rings is 1. The SMILES string of the molecule is CC1(C)CC(Cn2ccc3nc(-c4cn[nH]c4)ccc32)CN1S(=O)(=O)c1cccc(F)c1F. The van der Waals surface area contributed by atoms with Crippen LogP contribution in [0.3, 0.4) is 0 Å². The van der Waals surface area contributed by atoms with Gasteiger partial charge in [-0.2, -0.15) is 9.40 Å². The molecule has 0 spiro atoms. The zero-order valence-electron chi connectivity index (χ0n) is 18.2. The molecule has 1 fully saturated rings. The number of H-pyrrole nitrogens is 1. The van der Waals surface area contributed by atoms with E-state index >= 15 is 0 Å². The standard InChI is InChI=1S/C23H23F2N5O2S/c1-23(2)10-15(14-30(23)33(31,32)21-5-3-4-17(24)22(21)25)13-29-9-8-19-20(29)7-6-18(28-19)16-11-26-27-12-16/h3-9,11-12,15H,10,13-14H2,1-2H3,(H,26,27). The molecule has 0 saturated carbocycles. The highest BCUT2D eigenvalue weighted by Crippen LogP contribution is 2.39. The first kappa shape index (κ1) is 21.7. The molecule has 0 radical (unpaired) electrons. The number of nitrogens with one attached hydrogen (secondary N) is 1. The van der Waals surface area contributed by atoms with E-state index in [0.29, 0.717) is 13.0 Å². The third-order valence-electron chi connectivity index (χ3n) is 6.24. The van der Waals surface area contributed by atoms with Crippen molar-refractivity contribution in [1.29, 1.82) is 0 Å². The van der Waals surface area contributed by atoms with Crippen LogP contribution in [0.4, 0.5) is 8.78 Å². The Balaban J connectivity index is 1.41. The molecule has 10 heteroatoms. The molecule has 0 bridgehead atoms. The quantitative estimate of drug-likeness (QED) is 0.473. The fraction of sp³-hybridized carbons (Fsp3) is 0.304. The van der Waals surface area contributed by atoms with Crippen molar-refractivity contribution in [2.75, 3.05) is 6.54 Å². The first-order valence-corrected chi connectivity index (χ1v) is 12.0. The molecule has 172 valence electrons. The third-order valence-corrected chi connectivity index (χ3v) is 8.34. The number of benzene rings is 1. The summed E-state index contributed by atoms with van der Waals surface area (Å²) in [5.41, 5.74) is 2.74. The second-order valence-corrected chi connectivity index (χ2v) is 10.9. The maximum atomic E-state index is 14.3. The largest absolute Gasteiger partial charge is 0.346 e. The summed E-state index contributed by atoms with van der Waals surface area (Å²) in [6.45, 7) is 4.42. The van der Waals surface area contributed by atoms with Gasteiger partial charge in [-0.25, -0.2) is 22.2 Å². The summed E-state index contributed by atoms with van der Waals surface area (Å²) in [5, 5.41) is 6.74. The van der Waals surface area contributed by atoms with Crippen molar-refractivity contribution >= 4 is 21.1 Å². The molecule has 33 heavy (non-hydrogen) atoms. The molecule has 4 aromatic rings. The minimum atomic E-state index is -4.20. The Labute approximate surface area is 190 Å². The Hall–Kier alpha value is -3.11. The van der Waals surface area contributed by atoms with Crippen molar-refractivity contribution in [3.05, 3.63) is 66.6 Å². The maximum Gasteiger partial charge on any atom is 0.246 e. The van der Waals surface area contributed by atoms with Gasteiger partial charge in [0.2, 0.25) is 10.0 Å². The van der Waals surface area contributed by atoms with Crippen molar-refractivity contribution in [2.24, 2.45) is 5.92 Å². The van der Waals surface area contributed by atoms with Gasteiger partial charge < -0.3 is 4.57 Å². The zero-order valence-corrected chi connectivity index (χ0v) is 19.0. The predicted octanol–water partition coefficient (Wildman–Crippen LogP) is 4.19. The zero-order chi connectivity index (χ0) is 23.4. The van der Waals surface area contributed by atoms with Crippen molar-refractivity contribution in [3.8, 4) is 11.3 Å². The van der Waals surface area contributed by atoms with E-state index in [-0.39, 0.29) is 12.5 Å². The Bertz CT molecular complexity index is 1430. The van der Waals surface area contributed by atoms with Gasteiger partial charge in [-0.1, -0.05) is 6.07 Å². The summed E-state index contributed by atoms with van der Waals surface area (Å²) >= 11 is 0. The van der Waals surface area contributed by atoms with Gasteiger partial charge in [-0.05, 0) is 56.5 Å². The van der Waals surface area contributed by atoms with Crippen molar-refractivity contribution in [1.82, 2.24) is 24.1 Å². The molecule has 1 aromatic carbocycles. The number of hydrogen-bond donors (Lipinski definition) is 1. The number of halogens is 2. The monoisotopic (exact) mass is 471 g/mol. The van der Waals surface area contributed by atoms with Gasteiger partial charge >= 0.3 is 0 Å². The van der Waals surface area contributed by atoms with Crippen LogP contribution in [0.5, 0.6) is 0 Å². The molecule has 4 heterocycles. The highest BCUT2D eigenvalue weighted by Gasteiger charge is 2.46. The summed E-state index contributed by atoms with van der Waals surface area (Å²) in [7, 11) is -4.20. The molecule has 0 aliphatic carbocycles. The second-order valence-electron chi connectivity index (χ2n) is 9.03. The lowest BCUT2D eigenvalue weighted by molar-refractivity contribution is 0.290. The molecule has 5 rings (SSSR count). The van der Waals surface area contributed by atoms with E-state index in [9.17, 15) is 17.2 Å². The number of aromatic amines is 1. The summed E-state index contributed by atoms with van der Waals surface area (Å²) in [5.74, 6) is -2.52. The number of fused-ring (bicyclic) bond motifs is 1. The van der Waals surface area contributed by atoms with Crippen LogP contribution in [-0.2, 0) is 16.6 Å². The van der Waals surface area contributed by atoms with E-state index in [1.807, 2.05) is 38.2 Å². The molecule has 3 aromatic heterocycles. The van der Waals surface area contributed by atoms with E-state index < -0.39 is 32.1 Å². The summed E-state index contributed by atoms with van der Waals surface area (Å²) in [4.78, 5) is 4.06. The normalized spacial score (nSPS) is 18.8. The van der Waals surface area contributed by atoms with Crippen LogP contribution in [0.1, 0.15) is 20.3 Å². The van der Waals surface area contributed by atoms with Gasteiger partial charge in [-0.3, -0.25) is 5.10 Å². The Morgan fingerprint density at radius 2 is 2.00 bits per heavy atom. The number of sulfonamides is 1. The smallest absolute Gasteiger partial charge is 0.246 e. The van der Waals surface area contributed by atoms with Crippen LogP contribution >= 0.6 is 0 Å². The van der Waals surface area contributed by atoms with Crippen LogP contribution in [-0.4, -0.2) is 44.6 Å². The molecule has 1 saturated heterocycles. The lowest BCUT2D eigenvalue weighted by Gasteiger charge is -2.30. The summed E-state index contributed by atoms with van der Waals surface area (Å²) < 4.78 is 57.8. The summed E-state index contributed by atoms with van der Waals surface area (Å²) in [6, 6.07) is 9.07. The van der Waals surface area contributed by atoms with Gasteiger partial charge in [0.25, 0.3) is 0 Å². The van der Waals surface area contributed by atoms with Crippen LogP contribution in [0.2, 0.25) is 0 Å². The Morgan fingerprint density at radius 3 is 2.76 bits per heavy atom. The van der Waals surface area contributed by atoms with Gasteiger partial charge in [0.1, 0.15) is 4.90 Å². The molecule has 7 nitrogen and oxygen atoms in total. The number of rotatable bonds is 5. The number of aromatic nitrogens is 4. The van der Waals surface area contributed by atoms with Crippen molar-refractivity contribution in [2.45, 2.75) is 37.2 Å². The predicted molar refractivity (Wildman–Crippen MR) is 120 cm³/mol. The minimum Gasteiger partial charge on any atom is -0.346 e. The molecule has 1 atom stereocenters. The van der Waals surface area contributed by atoms with E-state index in [1.54, 1.807) is 12.4 Å². The summed E-state index contributed by atoms with van der Waals surface area (Å²) in [6.07, 6.45) is 6.01. The minimum absolute atomic E-state index is 0.00412. The molecular weight excluding hydrogens is 448 g/mol. The second kappa shape index (κ2) is 7.74. The van der Waals surface area contributed by atoms with Crippen molar-refractivity contribution in [3.63, 3.8) is 0 Å². The molecular formula is C23H23F2N5O2S. The maximum absolute atomic E-state index is 14.3. The highest BCUT2D eigenvalue weighted by atomic mass is 32.2. The van der Waals surface area contributed by atoms with Gasteiger partial charge in [0.05, 0.1) is 22.9 Å². The van der Waals surface area contributed by atoms with Crippen LogP contribution in [0.25, 0.3) is 22.3 Å². The molecule has 1 N–H and O–H groups in total. The average Bonchev–Trinajstić information content (AvgIpc) is 3.49. The van der Waals surface area contributed by atoms with E-state index in [0.717, 1.165) is 34.4 Å². The molecule has 1 aliphatic heterocycles. The molecule has 0 amide bonds. The van der Waals surface area contributed by atoms with Crippen LogP contribution in [0, 0.1) is 17.6 Å². The van der Waals surface area contributed by atoms with Gasteiger partial charge in [0, 0.05) is 36.6 Å². The van der Waals surface area contributed by atoms with Crippen LogP contribution in [0.15, 0.2) is 59.9 Å². The van der Waals surface area contributed by atoms with E-state index in [1.165, 1.54) is 10.4 Å². The Kier molecular flexibility index (Phi) is 5.09. The third kappa shape index (κ3) is 3.72. The lowest BCUT2D eigenvalue weighted by Crippen LogP contribution is -2.42. The van der Waals surface area contributed by atoms with Gasteiger partial charge in [-0.15, -0.1) is 0 Å². The molecule has 1 aliphatic rings. The van der Waals surface area contributed by atoms with E-state index in [4.69, 9.17) is 0 Å². The highest BCUT2D eigenvalue weighted by molar-refractivity contribution is 7.89. The fourth-order valence-corrected chi connectivity index (χ4v) is 6.71. The number of nitrogens with zero attached hydrogens (tertiary/aromatic N) is 4.